The van der Waals surface area contributed by atoms with Gasteiger partial charge in [0.05, 0.1) is 12.5 Å². The van der Waals surface area contributed by atoms with Gasteiger partial charge in [-0.25, -0.2) is 4.39 Å². The summed E-state index contributed by atoms with van der Waals surface area (Å²) in [5.41, 5.74) is 5.73. The summed E-state index contributed by atoms with van der Waals surface area (Å²) in [5, 5.41) is 11.4. The molecule has 0 aliphatic carbocycles. The summed E-state index contributed by atoms with van der Waals surface area (Å²) in [7, 11) is 1.52. The summed E-state index contributed by atoms with van der Waals surface area (Å²) in [4.78, 5) is 13.2. The van der Waals surface area contributed by atoms with Crippen molar-refractivity contribution in [3.8, 4) is 0 Å². The Kier molecular flexibility index (Phi) is 4.65. The number of benzene rings is 1. The number of hydrogen-bond donors (Lipinski definition) is 2. The van der Waals surface area contributed by atoms with Crippen LogP contribution in [0.1, 0.15) is 12.5 Å². The van der Waals surface area contributed by atoms with E-state index in [1.807, 2.05) is 0 Å². The molecule has 0 fully saturated rings. The molecule has 0 radical (unpaired) electrons. The first-order valence-electron chi connectivity index (χ1n) is 5.43. The predicted molar refractivity (Wildman–Crippen MR) is 65.7 cm³/mol. The van der Waals surface area contributed by atoms with Crippen molar-refractivity contribution in [2.45, 2.75) is 19.4 Å². The molecule has 18 heavy (non-hydrogen) atoms. The highest BCUT2D eigenvalue weighted by Crippen LogP contribution is 2.09. The SMILES string of the molecule is CC(C(N)=NO)N(C)C(=O)Cc1ccccc1F. The normalized spacial score (nSPS) is 13.2. The van der Waals surface area contributed by atoms with Crippen LogP contribution in [0.3, 0.4) is 0 Å². The first kappa shape index (κ1) is 14.0. The number of amides is 1. The van der Waals surface area contributed by atoms with Crippen molar-refractivity contribution in [3.63, 3.8) is 0 Å². The van der Waals surface area contributed by atoms with Gasteiger partial charge in [-0.05, 0) is 18.6 Å². The van der Waals surface area contributed by atoms with Crippen LogP contribution in [-0.4, -0.2) is 34.9 Å². The Morgan fingerprint density at radius 2 is 2.17 bits per heavy atom. The van der Waals surface area contributed by atoms with Crippen LogP contribution in [-0.2, 0) is 11.2 Å². The van der Waals surface area contributed by atoms with E-state index in [4.69, 9.17) is 10.9 Å². The van der Waals surface area contributed by atoms with E-state index in [9.17, 15) is 9.18 Å². The Balaban J connectivity index is 2.75. The van der Waals surface area contributed by atoms with Crippen LogP contribution in [0.2, 0.25) is 0 Å². The third-order valence-electron chi connectivity index (χ3n) is 2.82. The maximum atomic E-state index is 13.4. The highest BCUT2D eigenvalue weighted by molar-refractivity contribution is 5.90. The second kappa shape index (κ2) is 6.00. The number of halogens is 1. The zero-order chi connectivity index (χ0) is 13.7. The van der Waals surface area contributed by atoms with Gasteiger partial charge in [0.25, 0.3) is 0 Å². The summed E-state index contributed by atoms with van der Waals surface area (Å²) in [6, 6.07) is 5.53. The lowest BCUT2D eigenvalue weighted by molar-refractivity contribution is -0.129. The Bertz CT molecular complexity index is 462. The molecule has 1 unspecified atom stereocenters. The van der Waals surface area contributed by atoms with E-state index in [1.54, 1.807) is 25.1 Å². The number of rotatable bonds is 4. The Labute approximate surface area is 105 Å². The van der Waals surface area contributed by atoms with E-state index < -0.39 is 11.9 Å². The molecule has 5 nitrogen and oxygen atoms in total. The van der Waals surface area contributed by atoms with Gasteiger partial charge in [-0.2, -0.15) is 0 Å². The monoisotopic (exact) mass is 253 g/mol. The van der Waals surface area contributed by atoms with E-state index in [0.29, 0.717) is 5.56 Å². The summed E-state index contributed by atoms with van der Waals surface area (Å²) in [5.74, 6) is -0.797. The molecule has 0 heterocycles. The molecule has 1 amide bonds. The molecule has 98 valence electrons. The number of nitrogens with two attached hydrogens (primary N) is 1. The van der Waals surface area contributed by atoms with E-state index in [2.05, 4.69) is 5.16 Å². The summed E-state index contributed by atoms with van der Waals surface area (Å²) in [6.07, 6.45) is -0.0633. The second-order valence-corrected chi connectivity index (χ2v) is 3.97. The van der Waals surface area contributed by atoms with Crippen molar-refractivity contribution < 1.29 is 14.4 Å². The highest BCUT2D eigenvalue weighted by Gasteiger charge is 2.20. The van der Waals surface area contributed by atoms with Crippen LogP contribution >= 0.6 is 0 Å². The molecule has 1 aromatic carbocycles. The fourth-order valence-electron chi connectivity index (χ4n) is 1.43. The van der Waals surface area contributed by atoms with Gasteiger partial charge in [-0.15, -0.1) is 0 Å². The zero-order valence-electron chi connectivity index (χ0n) is 10.3. The van der Waals surface area contributed by atoms with Crippen LogP contribution in [0.15, 0.2) is 29.4 Å². The highest BCUT2D eigenvalue weighted by atomic mass is 19.1. The number of carbonyl (C=O) groups excluding carboxylic acids is 1. The average Bonchev–Trinajstić information content (AvgIpc) is 2.38. The topological polar surface area (TPSA) is 78.9 Å². The molecule has 0 aromatic heterocycles. The van der Waals surface area contributed by atoms with Gasteiger partial charge in [0.1, 0.15) is 5.82 Å². The number of oxime groups is 1. The Morgan fingerprint density at radius 3 is 2.72 bits per heavy atom. The first-order chi connectivity index (χ1) is 8.47. The van der Waals surface area contributed by atoms with Crippen molar-refractivity contribution in [2.75, 3.05) is 7.05 Å². The quantitative estimate of drug-likeness (QED) is 0.363. The molecule has 6 heteroatoms. The predicted octanol–water partition coefficient (Wildman–Crippen LogP) is 0.961. The van der Waals surface area contributed by atoms with Crippen molar-refractivity contribution in [2.24, 2.45) is 10.9 Å². The summed E-state index contributed by atoms with van der Waals surface area (Å²) < 4.78 is 13.4. The molecule has 1 rings (SSSR count). The van der Waals surface area contributed by atoms with Crippen LogP contribution < -0.4 is 5.73 Å². The van der Waals surface area contributed by atoms with Gasteiger partial charge >= 0.3 is 0 Å². The van der Waals surface area contributed by atoms with E-state index >= 15 is 0 Å². The molecule has 0 bridgehead atoms. The molecule has 0 saturated carbocycles. The fraction of sp³-hybridized carbons (Fsp3) is 0.333. The Morgan fingerprint density at radius 1 is 1.56 bits per heavy atom. The Hall–Kier alpha value is -2.11. The van der Waals surface area contributed by atoms with Gasteiger partial charge in [0.2, 0.25) is 5.91 Å². The molecular formula is C12H16FN3O2. The molecule has 0 saturated heterocycles. The molecule has 0 aliphatic rings. The van der Waals surface area contributed by atoms with Gasteiger partial charge < -0.3 is 15.8 Å². The molecule has 0 aliphatic heterocycles. The first-order valence-corrected chi connectivity index (χ1v) is 5.43. The number of carbonyl (C=O) groups is 1. The third-order valence-corrected chi connectivity index (χ3v) is 2.82. The molecule has 1 aromatic rings. The van der Waals surface area contributed by atoms with Crippen LogP contribution in [0, 0.1) is 5.82 Å². The maximum absolute atomic E-state index is 13.4. The van der Waals surface area contributed by atoms with E-state index in [0.717, 1.165) is 0 Å². The largest absolute Gasteiger partial charge is 0.409 e. The lowest BCUT2D eigenvalue weighted by Gasteiger charge is -2.23. The molecule has 3 N–H and O–H groups in total. The van der Waals surface area contributed by atoms with Gasteiger partial charge in [0, 0.05) is 7.05 Å². The van der Waals surface area contributed by atoms with Gasteiger partial charge in [-0.1, -0.05) is 23.4 Å². The number of hydrogen-bond acceptors (Lipinski definition) is 3. The molecule has 1 atom stereocenters. The van der Waals surface area contributed by atoms with Crippen molar-refractivity contribution in [1.82, 2.24) is 4.90 Å². The lowest BCUT2D eigenvalue weighted by atomic mass is 10.1. The van der Waals surface area contributed by atoms with Gasteiger partial charge in [0.15, 0.2) is 5.84 Å². The average molecular weight is 253 g/mol. The summed E-state index contributed by atoms with van der Waals surface area (Å²) in [6.45, 7) is 1.62. The minimum absolute atomic E-state index is 0.0633. The molecule has 0 spiro atoms. The lowest BCUT2D eigenvalue weighted by Crippen LogP contribution is -2.44. The summed E-state index contributed by atoms with van der Waals surface area (Å²) >= 11 is 0. The van der Waals surface area contributed by atoms with Crippen molar-refractivity contribution in [3.05, 3.63) is 35.6 Å². The smallest absolute Gasteiger partial charge is 0.227 e. The minimum Gasteiger partial charge on any atom is -0.409 e. The maximum Gasteiger partial charge on any atom is 0.227 e. The van der Waals surface area contributed by atoms with Crippen molar-refractivity contribution >= 4 is 11.7 Å². The fourth-order valence-corrected chi connectivity index (χ4v) is 1.43. The number of amidine groups is 1. The van der Waals surface area contributed by atoms with Crippen LogP contribution in [0.25, 0.3) is 0 Å². The molecular weight excluding hydrogens is 237 g/mol. The number of likely N-dealkylation sites (N-methyl/N-ethyl adjacent to an activating group) is 1. The third kappa shape index (κ3) is 3.19. The van der Waals surface area contributed by atoms with Crippen LogP contribution in [0.4, 0.5) is 4.39 Å². The number of nitrogens with zero attached hydrogens (tertiary/aromatic N) is 2. The van der Waals surface area contributed by atoms with Gasteiger partial charge in [-0.3, -0.25) is 4.79 Å². The standard InChI is InChI=1S/C12H16FN3O2/c1-8(12(14)15-18)16(2)11(17)7-9-5-3-4-6-10(9)13/h3-6,8,18H,7H2,1-2H3,(H2,14,15). The van der Waals surface area contributed by atoms with Crippen molar-refractivity contribution in [1.29, 1.82) is 0 Å². The van der Waals surface area contributed by atoms with E-state index in [-0.39, 0.29) is 18.2 Å². The van der Waals surface area contributed by atoms with E-state index in [1.165, 1.54) is 18.0 Å². The van der Waals surface area contributed by atoms with Crippen LogP contribution in [0.5, 0.6) is 0 Å². The minimum atomic E-state index is -0.547. The second-order valence-electron chi connectivity index (χ2n) is 3.97. The zero-order valence-corrected chi connectivity index (χ0v) is 10.3.